The highest BCUT2D eigenvalue weighted by Gasteiger charge is 2.00. The van der Waals surface area contributed by atoms with Crippen LogP contribution in [0.4, 0.5) is 0 Å². The monoisotopic (exact) mass is 242 g/mol. The Kier molecular flexibility index (Phi) is 8.92. The summed E-state index contributed by atoms with van der Waals surface area (Å²) in [5.74, 6) is -2.73. The highest BCUT2D eigenvalue weighted by molar-refractivity contribution is 5.87. The highest BCUT2D eigenvalue weighted by atomic mass is 16.5. The van der Waals surface area contributed by atoms with Crippen molar-refractivity contribution in [2.75, 3.05) is 0 Å². The summed E-state index contributed by atoms with van der Waals surface area (Å²) in [7, 11) is 0. The van der Waals surface area contributed by atoms with Crippen LogP contribution in [0.25, 0.3) is 0 Å². The zero-order valence-electron chi connectivity index (χ0n) is 9.60. The predicted octanol–water partition coefficient (Wildman–Crippen LogP) is 1.35. The van der Waals surface area contributed by atoms with Gasteiger partial charge in [-0.05, 0) is 13.8 Å². The quantitative estimate of drug-likeness (QED) is 0.438. The maximum atomic E-state index is 10.4. The number of carbonyl (C=O) groups excluding carboxylic acids is 1. The van der Waals surface area contributed by atoms with Crippen molar-refractivity contribution in [3.05, 3.63) is 36.6 Å². The molecular formula is C11H14O6. The van der Waals surface area contributed by atoms with Crippen molar-refractivity contribution in [1.82, 2.24) is 0 Å². The fourth-order valence-electron chi connectivity index (χ4n) is 0.245. The summed E-state index contributed by atoms with van der Waals surface area (Å²) in [5.41, 5.74) is 0.134. The molecule has 0 radical (unpaired) electrons. The van der Waals surface area contributed by atoms with Crippen molar-refractivity contribution in [1.29, 1.82) is 0 Å². The number of carboxylic acids is 2. The lowest BCUT2D eigenvalue weighted by Gasteiger charge is -1.93. The van der Waals surface area contributed by atoms with E-state index in [0.29, 0.717) is 0 Å². The van der Waals surface area contributed by atoms with Gasteiger partial charge in [0.2, 0.25) is 0 Å². The van der Waals surface area contributed by atoms with Crippen LogP contribution in [0, 0.1) is 0 Å². The minimum absolute atomic E-state index is 0.0415. The van der Waals surface area contributed by atoms with Gasteiger partial charge in [0.05, 0.1) is 5.57 Å². The number of ether oxygens (including phenoxy) is 1. The molecule has 0 rings (SSSR count). The summed E-state index contributed by atoms with van der Waals surface area (Å²) < 4.78 is 4.31. The molecule has 6 heteroatoms. The zero-order valence-corrected chi connectivity index (χ0v) is 9.60. The van der Waals surface area contributed by atoms with E-state index < -0.39 is 17.9 Å². The van der Waals surface area contributed by atoms with E-state index in [0.717, 1.165) is 12.3 Å². The van der Waals surface area contributed by atoms with E-state index in [2.05, 4.69) is 17.9 Å². The summed E-state index contributed by atoms with van der Waals surface area (Å²) in [6.45, 7) is 9.05. The standard InChI is InChI=1S/C7H8O4.C4H6O2/c1-3-6(8)11-4-5(2)7(9)10;1-3(2)4(5)6/h3-4H,1H2,2H3,(H,9,10);1H2,2H3,(H,5,6)/b5-4+;. The van der Waals surface area contributed by atoms with E-state index in [9.17, 15) is 14.4 Å². The third-order valence-electron chi connectivity index (χ3n) is 1.22. The van der Waals surface area contributed by atoms with Crippen LogP contribution in [0.3, 0.4) is 0 Å². The van der Waals surface area contributed by atoms with Crippen LogP contribution in [0.5, 0.6) is 0 Å². The highest BCUT2D eigenvalue weighted by Crippen LogP contribution is 1.92. The smallest absolute Gasteiger partial charge is 0.334 e. The first kappa shape index (κ1) is 17.0. The molecule has 0 amide bonds. The maximum Gasteiger partial charge on any atom is 0.334 e. The molecule has 0 aliphatic rings. The third kappa shape index (κ3) is 11.6. The molecule has 2 N–H and O–H groups in total. The first-order chi connectivity index (χ1) is 7.72. The van der Waals surface area contributed by atoms with Crippen molar-refractivity contribution in [2.45, 2.75) is 13.8 Å². The molecule has 0 aromatic carbocycles. The predicted molar refractivity (Wildman–Crippen MR) is 60.1 cm³/mol. The number of hydrogen-bond donors (Lipinski definition) is 2. The number of aliphatic carboxylic acids is 2. The summed E-state index contributed by atoms with van der Waals surface area (Å²) in [4.78, 5) is 30.1. The van der Waals surface area contributed by atoms with Crippen LogP contribution in [-0.4, -0.2) is 28.1 Å². The first-order valence-electron chi connectivity index (χ1n) is 4.34. The number of rotatable bonds is 4. The van der Waals surface area contributed by atoms with Crippen LogP contribution >= 0.6 is 0 Å². The summed E-state index contributed by atoms with van der Waals surface area (Å²) >= 11 is 0. The second kappa shape index (κ2) is 8.90. The van der Waals surface area contributed by atoms with Crippen molar-refractivity contribution in [3.63, 3.8) is 0 Å². The lowest BCUT2D eigenvalue weighted by Crippen LogP contribution is -1.99. The van der Waals surface area contributed by atoms with Gasteiger partial charge in [-0.1, -0.05) is 13.2 Å². The topological polar surface area (TPSA) is 101 Å². The lowest BCUT2D eigenvalue weighted by molar-refractivity contribution is -0.134. The van der Waals surface area contributed by atoms with E-state index in [4.69, 9.17) is 10.2 Å². The molecule has 0 atom stereocenters. The molecule has 0 aromatic rings. The summed E-state index contributed by atoms with van der Waals surface area (Å²) in [5, 5.41) is 16.2. The number of esters is 1. The van der Waals surface area contributed by atoms with Gasteiger partial charge >= 0.3 is 17.9 Å². The fourth-order valence-corrected chi connectivity index (χ4v) is 0.245. The van der Waals surface area contributed by atoms with E-state index in [1.165, 1.54) is 13.8 Å². The Labute approximate surface area is 98.5 Å². The third-order valence-corrected chi connectivity index (χ3v) is 1.22. The molecule has 0 saturated heterocycles. The van der Waals surface area contributed by atoms with Crippen LogP contribution < -0.4 is 0 Å². The second-order valence-corrected chi connectivity index (χ2v) is 2.83. The van der Waals surface area contributed by atoms with Crippen LogP contribution in [0.15, 0.2) is 36.6 Å². The molecule has 94 valence electrons. The summed E-state index contributed by atoms with van der Waals surface area (Å²) in [6.07, 6.45) is 1.82. The Hall–Kier alpha value is -2.37. The molecule has 0 spiro atoms. The first-order valence-corrected chi connectivity index (χ1v) is 4.34. The van der Waals surface area contributed by atoms with Crippen LogP contribution in [0.1, 0.15) is 13.8 Å². The van der Waals surface area contributed by atoms with E-state index >= 15 is 0 Å². The molecule has 0 aliphatic carbocycles. The van der Waals surface area contributed by atoms with Gasteiger partial charge in [-0.3, -0.25) is 0 Å². The molecule has 0 saturated carbocycles. The van der Waals surface area contributed by atoms with Crippen molar-refractivity contribution in [2.24, 2.45) is 0 Å². The maximum absolute atomic E-state index is 10.4. The average molecular weight is 242 g/mol. The number of hydrogen-bond acceptors (Lipinski definition) is 4. The molecule has 6 nitrogen and oxygen atoms in total. The SMILES string of the molecule is C=C(C)C(=O)O.C=CC(=O)O/C=C(\C)C(=O)O. The van der Waals surface area contributed by atoms with Gasteiger partial charge in [-0.15, -0.1) is 0 Å². The molecule has 0 aromatic heterocycles. The lowest BCUT2D eigenvalue weighted by atomic mass is 10.3. The van der Waals surface area contributed by atoms with Gasteiger partial charge in [0.1, 0.15) is 6.26 Å². The van der Waals surface area contributed by atoms with E-state index in [1.807, 2.05) is 0 Å². The Balaban J connectivity index is 0. The van der Waals surface area contributed by atoms with E-state index in [1.54, 1.807) is 0 Å². The average Bonchev–Trinajstić information content (AvgIpc) is 2.25. The Bertz CT molecular complexity index is 352. The van der Waals surface area contributed by atoms with E-state index in [-0.39, 0.29) is 11.1 Å². The number of carboxylic acid groups (broad SMARTS) is 2. The van der Waals surface area contributed by atoms with Crippen molar-refractivity contribution in [3.8, 4) is 0 Å². The minimum atomic E-state index is -1.12. The van der Waals surface area contributed by atoms with Gasteiger partial charge in [0.25, 0.3) is 0 Å². The Morgan fingerprint density at radius 1 is 1.12 bits per heavy atom. The molecule has 0 aliphatic heterocycles. The molecule has 0 unspecified atom stereocenters. The normalized spacial score (nSPS) is 9.41. The number of carbonyl (C=O) groups is 3. The van der Waals surface area contributed by atoms with Crippen molar-refractivity contribution >= 4 is 17.9 Å². The second-order valence-electron chi connectivity index (χ2n) is 2.83. The van der Waals surface area contributed by atoms with Gasteiger partial charge in [0, 0.05) is 11.6 Å². The largest absolute Gasteiger partial charge is 0.478 e. The fraction of sp³-hybridized carbons (Fsp3) is 0.182. The molecule has 0 fully saturated rings. The Morgan fingerprint density at radius 3 is 1.76 bits per heavy atom. The van der Waals surface area contributed by atoms with Crippen molar-refractivity contribution < 1.29 is 29.3 Å². The summed E-state index contributed by atoms with van der Waals surface area (Å²) in [6, 6.07) is 0. The van der Waals surface area contributed by atoms with Gasteiger partial charge in [-0.25, -0.2) is 14.4 Å². The molecule has 17 heavy (non-hydrogen) atoms. The molecular weight excluding hydrogens is 228 g/mol. The zero-order chi connectivity index (χ0) is 14.0. The Morgan fingerprint density at radius 2 is 1.53 bits per heavy atom. The molecule has 0 heterocycles. The minimum Gasteiger partial charge on any atom is -0.478 e. The van der Waals surface area contributed by atoms with Gasteiger partial charge in [0.15, 0.2) is 0 Å². The van der Waals surface area contributed by atoms with Gasteiger partial charge < -0.3 is 14.9 Å². The van der Waals surface area contributed by atoms with Crippen LogP contribution in [-0.2, 0) is 19.1 Å². The van der Waals surface area contributed by atoms with Gasteiger partial charge in [-0.2, -0.15) is 0 Å². The van der Waals surface area contributed by atoms with Crippen LogP contribution in [0.2, 0.25) is 0 Å². The molecule has 0 bridgehead atoms.